The lowest BCUT2D eigenvalue weighted by atomic mass is 10.3. The van der Waals surface area contributed by atoms with Gasteiger partial charge in [-0.1, -0.05) is 12.1 Å². The number of fused-ring (bicyclic) bond motifs is 1. The number of aromatic nitrogens is 4. The summed E-state index contributed by atoms with van der Waals surface area (Å²) in [5, 5.41) is 14.9. The highest BCUT2D eigenvalue weighted by molar-refractivity contribution is 5.56. The zero-order chi connectivity index (χ0) is 13.2. The van der Waals surface area contributed by atoms with Crippen molar-refractivity contribution < 1.29 is 9.13 Å². The van der Waals surface area contributed by atoms with E-state index in [2.05, 4.69) is 20.6 Å². The van der Waals surface area contributed by atoms with Gasteiger partial charge in [0, 0.05) is 6.07 Å². The lowest BCUT2D eigenvalue weighted by Crippen LogP contribution is -2.02. The molecule has 0 saturated carbocycles. The zero-order valence-electron chi connectivity index (χ0n) is 10.0. The standard InChI is InChI=1S/C12H10FN5O/c1-19-11-7-6-10-15-16-12(18(10)17-11)14-9-5-3-2-4-8(9)13/h2-7H,1H3,(H,14,16). The second kappa shape index (κ2) is 4.52. The van der Waals surface area contributed by atoms with Gasteiger partial charge in [-0.05, 0) is 18.2 Å². The van der Waals surface area contributed by atoms with Gasteiger partial charge in [-0.2, -0.15) is 4.52 Å². The Labute approximate surface area is 107 Å². The summed E-state index contributed by atoms with van der Waals surface area (Å²) in [5.41, 5.74) is 0.848. The molecule has 6 nitrogen and oxygen atoms in total. The molecule has 1 aromatic carbocycles. The number of rotatable bonds is 3. The van der Waals surface area contributed by atoms with Crippen LogP contribution < -0.4 is 10.1 Å². The minimum atomic E-state index is -0.373. The van der Waals surface area contributed by atoms with Crippen molar-refractivity contribution in [1.29, 1.82) is 0 Å². The average Bonchev–Trinajstić information content (AvgIpc) is 2.84. The Morgan fingerprint density at radius 1 is 1.16 bits per heavy atom. The smallest absolute Gasteiger partial charge is 0.250 e. The molecule has 3 rings (SSSR count). The summed E-state index contributed by atoms with van der Waals surface area (Å²) < 4.78 is 20.0. The first-order valence-electron chi connectivity index (χ1n) is 5.56. The van der Waals surface area contributed by atoms with Gasteiger partial charge in [0.05, 0.1) is 12.8 Å². The van der Waals surface area contributed by atoms with Gasteiger partial charge < -0.3 is 10.1 Å². The number of halogens is 1. The fourth-order valence-electron chi connectivity index (χ4n) is 1.64. The first kappa shape index (κ1) is 11.4. The molecule has 0 aliphatic heterocycles. The molecule has 2 heterocycles. The molecule has 2 aromatic heterocycles. The Morgan fingerprint density at radius 3 is 2.79 bits per heavy atom. The molecular weight excluding hydrogens is 249 g/mol. The molecule has 7 heteroatoms. The number of para-hydroxylation sites is 1. The van der Waals surface area contributed by atoms with Crippen molar-refractivity contribution in [3.63, 3.8) is 0 Å². The van der Waals surface area contributed by atoms with Crippen LogP contribution in [-0.4, -0.2) is 26.9 Å². The van der Waals surface area contributed by atoms with Crippen molar-refractivity contribution in [3.05, 3.63) is 42.2 Å². The summed E-state index contributed by atoms with van der Waals surface area (Å²) in [4.78, 5) is 0. The van der Waals surface area contributed by atoms with E-state index in [1.54, 1.807) is 30.3 Å². The van der Waals surface area contributed by atoms with E-state index in [0.717, 1.165) is 0 Å². The second-order valence-electron chi connectivity index (χ2n) is 3.77. The van der Waals surface area contributed by atoms with Gasteiger partial charge >= 0.3 is 0 Å². The van der Waals surface area contributed by atoms with Crippen LogP contribution in [0.3, 0.4) is 0 Å². The van der Waals surface area contributed by atoms with Crippen LogP contribution in [0.5, 0.6) is 5.88 Å². The minimum Gasteiger partial charge on any atom is -0.480 e. The number of anilines is 2. The van der Waals surface area contributed by atoms with Crippen molar-refractivity contribution >= 4 is 17.3 Å². The molecule has 3 aromatic rings. The van der Waals surface area contributed by atoms with Crippen molar-refractivity contribution in [1.82, 2.24) is 19.8 Å². The van der Waals surface area contributed by atoms with Crippen LogP contribution >= 0.6 is 0 Å². The van der Waals surface area contributed by atoms with E-state index >= 15 is 0 Å². The van der Waals surface area contributed by atoms with Crippen LogP contribution in [0.1, 0.15) is 0 Å². The fraction of sp³-hybridized carbons (Fsp3) is 0.0833. The van der Waals surface area contributed by atoms with E-state index < -0.39 is 0 Å². The highest BCUT2D eigenvalue weighted by atomic mass is 19.1. The van der Waals surface area contributed by atoms with Crippen LogP contribution in [-0.2, 0) is 0 Å². The number of methoxy groups -OCH3 is 1. The number of ether oxygens (including phenoxy) is 1. The number of benzene rings is 1. The van der Waals surface area contributed by atoms with Crippen molar-refractivity contribution in [3.8, 4) is 5.88 Å². The molecule has 96 valence electrons. The van der Waals surface area contributed by atoms with Crippen LogP contribution in [0.25, 0.3) is 5.65 Å². The number of hydrogen-bond acceptors (Lipinski definition) is 5. The zero-order valence-corrected chi connectivity index (χ0v) is 10.0. The minimum absolute atomic E-state index is 0.307. The average molecular weight is 259 g/mol. The fourth-order valence-corrected chi connectivity index (χ4v) is 1.64. The summed E-state index contributed by atoms with van der Waals surface area (Å²) in [7, 11) is 1.52. The molecular formula is C12H10FN5O. The molecule has 0 radical (unpaired) electrons. The lowest BCUT2D eigenvalue weighted by Gasteiger charge is -2.05. The molecule has 0 atom stereocenters. The van der Waals surface area contributed by atoms with Gasteiger partial charge in [-0.3, -0.25) is 0 Å². The SMILES string of the molecule is COc1ccc2nnc(Nc3ccccc3F)n2n1. The molecule has 19 heavy (non-hydrogen) atoms. The van der Waals surface area contributed by atoms with E-state index in [1.165, 1.54) is 17.7 Å². The van der Waals surface area contributed by atoms with Crippen molar-refractivity contribution in [2.75, 3.05) is 12.4 Å². The van der Waals surface area contributed by atoms with Gasteiger partial charge in [0.15, 0.2) is 5.65 Å². The molecule has 1 N–H and O–H groups in total. The van der Waals surface area contributed by atoms with E-state index in [9.17, 15) is 4.39 Å². The summed E-state index contributed by atoms with van der Waals surface area (Å²) in [6.45, 7) is 0. The first-order valence-corrected chi connectivity index (χ1v) is 5.56. The van der Waals surface area contributed by atoms with Gasteiger partial charge in [0.2, 0.25) is 5.88 Å². The van der Waals surface area contributed by atoms with Crippen molar-refractivity contribution in [2.24, 2.45) is 0 Å². The van der Waals surface area contributed by atoms with Gasteiger partial charge in [-0.25, -0.2) is 4.39 Å². The van der Waals surface area contributed by atoms with Crippen molar-refractivity contribution in [2.45, 2.75) is 0 Å². The van der Waals surface area contributed by atoms with Crippen LogP contribution in [0.2, 0.25) is 0 Å². The Morgan fingerprint density at radius 2 is 2.00 bits per heavy atom. The summed E-state index contributed by atoms with van der Waals surface area (Å²) in [6.07, 6.45) is 0. The Hall–Kier alpha value is -2.70. The number of hydrogen-bond donors (Lipinski definition) is 1. The quantitative estimate of drug-likeness (QED) is 0.779. The molecule has 0 unspecified atom stereocenters. The first-order chi connectivity index (χ1) is 9.28. The van der Waals surface area contributed by atoms with Crippen LogP contribution in [0, 0.1) is 5.82 Å². The normalized spacial score (nSPS) is 10.6. The third kappa shape index (κ3) is 2.05. The van der Waals surface area contributed by atoms with Gasteiger partial charge in [-0.15, -0.1) is 15.3 Å². The number of nitrogens with zero attached hydrogens (tertiary/aromatic N) is 4. The molecule has 0 bridgehead atoms. The molecule has 0 amide bonds. The van der Waals surface area contributed by atoms with E-state index in [4.69, 9.17) is 4.74 Å². The molecule has 0 aliphatic rings. The van der Waals surface area contributed by atoms with Crippen LogP contribution in [0.15, 0.2) is 36.4 Å². The topological polar surface area (TPSA) is 64.3 Å². The monoisotopic (exact) mass is 259 g/mol. The summed E-state index contributed by atoms with van der Waals surface area (Å²) in [5.74, 6) is 0.366. The molecule has 0 aliphatic carbocycles. The molecule has 0 spiro atoms. The van der Waals surface area contributed by atoms with Gasteiger partial charge in [0.1, 0.15) is 5.82 Å². The molecule has 0 saturated heterocycles. The van der Waals surface area contributed by atoms with Gasteiger partial charge in [0.25, 0.3) is 5.95 Å². The van der Waals surface area contributed by atoms with E-state index in [1.807, 2.05) is 0 Å². The maximum atomic E-state index is 13.6. The summed E-state index contributed by atoms with van der Waals surface area (Å²) in [6, 6.07) is 9.70. The highest BCUT2D eigenvalue weighted by Crippen LogP contribution is 2.19. The maximum absolute atomic E-state index is 13.6. The Balaban J connectivity index is 2.03. The third-order valence-electron chi connectivity index (χ3n) is 2.57. The highest BCUT2D eigenvalue weighted by Gasteiger charge is 2.09. The van der Waals surface area contributed by atoms with E-state index in [0.29, 0.717) is 23.2 Å². The predicted molar refractivity (Wildman–Crippen MR) is 67.0 cm³/mol. The second-order valence-corrected chi connectivity index (χ2v) is 3.77. The number of nitrogens with one attached hydrogen (secondary N) is 1. The molecule has 0 fully saturated rings. The summed E-state index contributed by atoms with van der Waals surface area (Å²) >= 11 is 0. The Bertz CT molecular complexity index is 727. The Kier molecular flexibility index (Phi) is 2.71. The van der Waals surface area contributed by atoms with Crippen LogP contribution in [0.4, 0.5) is 16.0 Å². The largest absolute Gasteiger partial charge is 0.480 e. The maximum Gasteiger partial charge on any atom is 0.250 e. The lowest BCUT2D eigenvalue weighted by molar-refractivity contribution is 0.390. The van der Waals surface area contributed by atoms with E-state index in [-0.39, 0.29) is 5.82 Å². The predicted octanol–water partition coefficient (Wildman–Crippen LogP) is 2.02. The third-order valence-corrected chi connectivity index (χ3v) is 2.57.